The molecule has 1 amide bonds. The number of hydrogen-bond acceptors (Lipinski definition) is 4. The summed E-state index contributed by atoms with van der Waals surface area (Å²) >= 11 is 0. The summed E-state index contributed by atoms with van der Waals surface area (Å²) in [4.78, 5) is 21.0. The highest BCUT2D eigenvalue weighted by Crippen LogP contribution is 2.21. The monoisotopic (exact) mass is 260 g/mol. The van der Waals surface area contributed by atoms with Crippen molar-refractivity contribution in [3.05, 3.63) is 24.0 Å². The third-order valence-electron chi connectivity index (χ3n) is 4.13. The molecule has 0 saturated carbocycles. The topological polar surface area (TPSA) is 62.5 Å². The Morgan fingerprint density at radius 1 is 1.26 bits per heavy atom. The van der Waals surface area contributed by atoms with Crippen LogP contribution in [0.1, 0.15) is 29.8 Å². The molecule has 1 unspecified atom stereocenters. The molecule has 2 aliphatic rings. The lowest BCUT2D eigenvalue weighted by atomic mass is 9.99. The zero-order valence-electron chi connectivity index (χ0n) is 11.1. The fraction of sp³-hybridized carbons (Fsp3) is 0.571. The maximum Gasteiger partial charge on any atom is 0.272 e. The van der Waals surface area contributed by atoms with Crippen molar-refractivity contribution >= 4 is 11.6 Å². The Kier molecular flexibility index (Phi) is 3.38. The number of rotatable bonds is 1. The van der Waals surface area contributed by atoms with E-state index in [1.54, 1.807) is 18.3 Å². The van der Waals surface area contributed by atoms with Gasteiger partial charge in [0.25, 0.3) is 5.91 Å². The van der Waals surface area contributed by atoms with Gasteiger partial charge in [-0.1, -0.05) is 6.42 Å². The van der Waals surface area contributed by atoms with E-state index in [9.17, 15) is 4.79 Å². The molecule has 0 aliphatic carbocycles. The van der Waals surface area contributed by atoms with Gasteiger partial charge in [-0.15, -0.1) is 0 Å². The number of carbonyl (C=O) groups excluding carboxylic acids is 1. The number of nitrogen functional groups attached to an aromatic ring is 1. The van der Waals surface area contributed by atoms with E-state index in [2.05, 4.69) is 9.88 Å². The fourth-order valence-corrected chi connectivity index (χ4v) is 3.03. The van der Waals surface area contributed by atoms with Gasteiger partial charge in [-0.25, -0.2) is 4.98 Å². The Balaban J connectivity index is 1.69. The summed E-state index contributed by atoms with van der Waals surface area (Å²) in [5.41, 5.74) is 6.69. The van der Waals surface area contributed by atoms with Crippen LogP contribution in [0.15, 0.2) is 18.3 Å². The van der Waals surface area contributed by atoms with Crippen molar-refractivity contribution in [2.45, 2.75) is 25.3 Å². The van der Waals surface area contributed by atoms with Gasteiger partial charge in [0.05, 0.1) is 11.9 Å². The van der Waals surface area contributed by atoms with E-state index in [0.29, 0.717) is 17.4 Å². The van der Waals surface area contributed by atoms with Gasteiger partial charge < -0.3 is 10.6 Å². The van der Waals surface area contributed by atoms with Crippen LogP contribution >= 0.6 is 0 Å². The van der Waals surface area contributed by atoms with Crippen LogP contribution in [0, 0.1) is 0 Å². The van der Waals surface area contributed by atoms with E-state index in [0.717, 1.165) is 19.6 Å². The Morgan fingerprint density at radius 2 is 2.16 bits per heavy atom. The van der Waals surface area contributed by atoms with E-state index >= 15 is 0 Å². The molecule has 0 bridgehead atoms. The summed E-state index contributed by atoms with van der Waals surface area (Å²) in [6.07, 6.45) is 5.33. The minimum atomic E-state index is 0.0326. The van der Waals surface area contributed by atoms with Gasteiger partial charge in [0.1, 0.15) is 5.69 Å². The Labute approximate surface area is 113 Å². The van der Waals surface area contributed by atoms with Gasteiger partial charge in [-0.3, -0.25) is 9.69 Å². The number of piperidine rings is 1. The van der Waals surface area contributed by atoms with Crippen molar-refractivity contribution < 1.29 is 4.79 Å². The third kappa shape index (κ3) is 2.56. The number of piperazine rings is 1. The number of nitrogens with zero attached hydrogens (tertiary/aromatic N) is 3. The van der Waals surface area contributed by atoms with Crippen molar-refractivity contribution in [2.75, 3.05) is 31.9 Å². The first-order chi connectivity index (χ1) is 9.24. The maximum absolute atomic E-state index is 12.4. The molecule has 3 rings (SSSR count). The molecule has 5 nitrogen and oxygen atoms in total. The first-order valence-corrected chi connectivity index (χ1v) is 6.99. The highest BCUT2D eigenvalue weighted by molar-refractivity contribution is 5.92. The second-order valence-electron chi connectivity index (χ2n) is 5.41. The van der Waals surface area contributed by atoms with Crippen molar-refractivity contribution in [2.24, 2.45) is 0 Å². The standard InChI is InChI=1S/C14H20N4O/c15-11-4-5-13(16-9-11)14(19)18-8-7-17-6-2-1-3-12(17)10-18/h4-5,9,12H,1-3,6-8,10,15H2. The number of anilines is 1. The third-order valence-corrected chi connectivity index (χ3v) is 4.13. The van der Waals surface area contributed by atoms with Crippen LogP contribution < -0.4 is 5.73 Å². The van der Waals surface area contributed by atoms with Crippen LogP contribution in [0.5, 0.6) is 0 Å². The van der Waals surface area contributed by atoms with Crippen molar-refractivity contribution in [3.63, 3.8) is 0 Å². The smallest absolute Gasteiger partial charge is 0.272 e. The number of fused-ring (bicyclic) bond motifs is 1. The summed E-state index contributed by atoms with van der Waals surface area (Å²) in [6.45, 7) is 3.82. The van der Waals surface area contributed by atoms with E-state index in [-0.39, 0.29) is 5.91 Å². The SMILES string of the molecule is Nc1ccc(C(=O)N2CCN3CCCCC3C2)nc1. The molecule has 1 aromatic rings. The molecule has 1 atom stereocenters. The highest BCUT2D eigenvalue weighted by Gasteiger charge is 2.31. The van der Waals surface area contributed by atoms with Gasteiger partial charge in [0.15, 0.2) is 0 Å². The Hall–Kier alpha value is -1.62. The van der Waals surface area contributed by atoms with Gasteiger partial charge >= 0.3 is 0 Å². The molecule has 19 heavy (non-hydrogen) atoms. The first kappa shape index (κ1) is 12.4. The lowest BCUT2D eigenvalue weighted by Crippen LogP contribution is -2.56. The summed E-state index contributed by atoms with van der Waals surface area (Å²) in [7, 11) is 0. The largest absolute Gasteiger partial charge is 0.397 e. The Morgan fingerprint density at radius 3 is 2.95 bits per heavy atom. The Bertz CT molecular complexity index is 459. The quantitative estimate of drug-likeness (QED) is 0.817. The molecule has 5 heteroatoms. The molecule has 102 valence electrons. The zero-order valence-corrected chi connectivity index (χ0v) is 11.1. The van der Waals surface area contributed by atoms with Crippen LogP contribution in [0.4, 0.5) is 5.69 Å². The highest BCUT2D eigenvalue weighted by atomic mass is 16.2. The predicted molar refractivity (Wildman–Crippen MR) is 73.8 cm³/mol. The van der Waals surface area contributed by atoms with Crippen LogP contribution in [0.3, 0.4) is 0 Å². The number of pyridine rings is 1. The molecule has 2 fully saturated rings. The lowest BCUT2D eigenvalue weighted by Gasteiger charge is -2.43. The van der Waals surface area contributed by atoms with Gasteiger partial charge in [-0.05, 0) is 31.5 Å². The second kappa shape index (κ2) is 5.17. The summed E-state index contributed by atoms with van der Waals surface area (Å²) in [5, 5.41) is 0. The molecule has 2 aliphatic heterocycles. The normalized spacial score (nSPS) is 24.0. The number of hydrogen-bond donors (Lipinski definition) is 1. The molecular weight excluding hydrogens is 240 g/mol. The van der Waals surface area contributed by atoms with E-state index in [1.807, 2.05) is 4.90 Å². The average molecular weight is 260 g/mol. The van der Waals surface area contributed by atoms with Crippen LogP contribution in [0.25, 0.3) is 0 Å². The fourth-order valence-electron chi connectivity index (χ4n) is 3.03. The van der Waals surface area contributed by atoms with E-state index in [1.165, 1.54) is 25.8 Å². The first-order valence-electron chi connectivity index (χ1n) is 6.99. The molecule has 0 radical (unpaired) electrons. The molecular formula is C14H20N4O. The van der Waals surface area contributed by atoms with Gasteiger partial charge in [-0.2, -0.15) is 0 Å². The number of aromatic nitrogens is 1. The van der Waals surface area contributed by atoms with Crippen molar-refractivity contribution in [3.8, 4) is 0 Å². The minimum Gasteiger partial charge on any atom is -0.397 e. The molecule has 2 saturated heterocycles. The second-order valence-corrected chi connectivity index (χ2v) is 5.41. The summed E-state index contributed by atoms with van der Waals surface area (Å²) in [6, 6.07) is 3.99. The minimum absolute atomic E-state index is 0.0326. The maximum atomic E-state index is 12.4. The predicted octanol–water partition coefficient (Wildman–Crippen LogP) is 0.974. The molecule has 3 heterocycles. The van der Waals surface area contributed by atoms with Gasteiger partial charge in [0, 0.05) is 25.7 Å². The lowest BCUT2D eigenvalue weighted by molar-refractivity contribution is 0.0368. The van der Waals surface area contributed by atoms with Crippen LogP contribution in [-0.4, -0.2) is 52.9 Å². The van der Waals surface area contributed by atoms with Crippen LogP contribution in [-0.2, 0) is 0 Å². The average Bonchev–Trinajstić information content (AvgIpc) is 2.47. The molecule has 0 spiro atoms. The molecule has 0 aromatic carbocycles. The van der Waals surface area contributed by atoms with Gasteiger partial charge in [0.2, 0.25) is 0 Å². The number of nitrogens with two attached hydrogens (primary N) is 1. The number of carbonyl (C=O) groups is 1. The van der Waals surface area contributed by atoms with Crippen molar-refractivity contribution in [1.29, 1.82) is 0 Å². The van der Waals surface area contributed by atoms with Crippen molar-refractivity contribution in [1.82, 2.24) is 14.8 Å². The number of amides is 1. The molecule has 1 aromatic heterocycles. The summed E-state index contributed by atoms with van der Waals surface area (Å²) in [5.74, 6) is 0.0326. The van der Waals surface area contributed by atoms with Crippen LogP contribution in [0.2, 0.25) is 0 Å². The zero-order chi connectivity index (χ0) is 13.2. The van der Waals surface area contributed by atoms with E-state index in [4.69, 9.17) is 5.73 Å². The summed E-state index contributed by atoms with van der Waals surface area (Å²) < 4.78 is 0. The van der Waals surface area contributed by atoms with E-state index < -0.39 is 0 Å². The molecule has 2 N–H and O–H groups in total.